The fraction of sp³-hybridized carbons (Fsp3) is 0.0833. The maximum absolute atomic E-state index is 12.2. The van der Waals surface area contributed by atoms with Crippen LogP contribution in [0.5, 0.6) is 0 Å². The molecule has 0 atom stereocenters. The Morgan fingerprint density at radius 1 is 0.941 bits per heavy atom. The van der Waals surface area contributed by atoms with Gasteiger partial charge in [-0.1, -0.05) is 12.1 Å². The number of nitrogens with two attached hydrogens (primary N) is 1. The second-order valence-corrected chi connectivity index (χ2v) is 5.48. The lowest BCUT2D eigenvalue weighted by molar-refractivity contribution is 0.596. The summed E-state index contributed by atoms with van der Waals surface area (Å²) < 4.78 is 24.3. The van der Waals surface area contributed by atoms with E-state index in [0.29, 0.717) is 6.54 Å². The van der Waals surface area contributed by atoms with E-state index in [2.05, 4.69) is 4.98 Å². The van der Waals surface area contributed by atoms with Gasteiger partial charge < -0.3 is 5.73 Å². The van der Waals surface area contributed by atoms with Crippen molar-refractivity contribution >= 4 is 9.84 Å². The third-order valence-corrected chi connectivity index (χ3v) is 4.21. The number of rotatable bonds is 3. The van der Waals surface area contributed by atoms with Crippen LogP contribution >= 0.6 is 0 Å². The first-order chi connectivity index (χ1) is 8.14. The third-order valence-electron chi connectivity index (χ3n) is 2.43. The number of nitrogens with zero attached hydrogens (tertiary/aromatic N) is 1. The van der Waals surface area contributed by atoms with Crippen LogP contribution in [0, 0.1) is 0 Å². The predicted octanol–water partition coefficient (Wildman–Crippen LogP) is 1.37. The molecule has 5 heteroatoms. The van der Waals surface area contributed by atoms with Gasteiger partial charge in [-0.15, -0.1) is 0 Å². The van der Waals surface area contributed by atoms with E-state index >= 15 is 0 Å². The molecule has 2 rings (SSSR count). The molecule has 88 valence electrons. The molecule has 2 aromatic rings. The first kappa shape index (κ1) is 11.8. The Kier molecular flexibility index (Phi) is 3.21. The number of hydrogen-bond donors (Lipinski definition) is 1. The largest absolute Gasteiger partial charge is 0.326 e. The number of hydrogen-bond acceptors (Lipinski definition) is 4. The molecule has 0 saturated carbocycles. The molecule has 0 bridgehead atoms. The minimum atomic E-state index is -3.44. The first-order valence-corrected chi connectivity index (χ1v) is 6.57. The van der Waals surface area contributed by atoms with Gasteiger partial charge in [0.15, 0.2) is 0 Å². The van der Waals surface area contributed by atoms with Crippen LogP contribution in [-0.2, 0) is 16.4 Å². The van der Waals surface area contributed by atoms with Gasteiger partial charge in [-0.05, 0) is 29.8 Å². The molecule has 4 nitrogen and oxygen atoms in total. The Morgan fingerprint density at radius 2 is 1.47 bits per heavy atom. The minimum Gasteiger partial charge on any atom is -0.326 e. The van der Waals surface area contributed by atoms with Crippen molar-refractivity contribution in [3.05, 3.63) is 54.4 Å². The molecule has 1 heterocycles. The second kappa shape index (κ2) is 4.65. The quantitative estimate of drug-likeness (QED) is 0.890. The van der Waals surface area contributed by atoms with Crippen molar-refractivity contribution in [2.75, 3.05) is 0 Å². The molecule has 0 radical (unpaired) electrons. The van der Waals surface area contributed by atoms with E-state index in [4.69, 9.17) is 5.73 Å². The van der Waals surface area contributed by atoms with E-state index in [1.807, 2.05) is 0 Å². The molecule has 1 aromatic carbocycles. The van der Waals surface area contributed by atoms with Gasteiger partial charge in [0.25, 0.3) is 0 Å². The molecule has 2 N–H and O–H groups in total. The molecule has 0 aliphatic carbocycles. The summed E-state index contributed by atoms with van der Waals surface area (Å²) in [6, 6.07) is 9.52. The van der Waals surface area contributed by atoms with Gasteiger partial charge in [-0.25, -0.2) is 8.42 Å². The smallest absolute Gasteiger partial charge is 0.206 e. The highest BCUT2D eigenvalue weighted by atomic mass is 32.2. The molecular weight excluding hydrogens is 236 g/mol. The summed E-state index contributed by atoms with van der Waals surface area (Å²) in [5.74, 6) is 0. The Morgan fingerprint density at radius 3 is 2.00 bits per heavy atom. The lowest BCUT2D eigenvalue weighted by atomic mass is 10.2. The monoisotopic (exact) mass is 248 g/mol. The van der Waals surface area contributed by atoms with Crippen LogP contribution in [-0.4, -0.2) is 13.4 Å². The molecule has 0 aliphatic rings. The van der Waals surface area contributed by atoms with Gasteiger partial charge in [0.1, 0.15) is 0 Å². The average Bonchev–Trinajstić information content (AvgIpc) is 2.40. The van der Waals surface area contributed by atoms with Crippen molar-refractivity contribution in [2.45, 2.75) is 16.3 Å². The summed E-state index contributed by atoms with van der Waals surface area (Å²) in [6.45, 7) is 0.398. The number of aromatic nitrogens is 1. The van der Waals surface area contributed by atoms with Crippen LogP contribution < -0.4 is 5.73 Å². The summed E-state index contributed by atoms with van der Waals surface area (Å²) in [7, 11) is -3.44. The van der Waals surface area contributed by atoms with Crippen LogP contribution in [0.3, 0.4) is 0 Å². The van der Waals surface area contributed by atoms with Gasteiger partial charge in [0.2, 0.25) is 9.84 Å². The second-order valence-electron chi connectivity index (χ2n) is 3.53. The van der Waals surface area contributed by atoms with Crippen LogP contribution in [0.1, 0.15) is 5.56 Å². The van der Waals surface area contributed by atoms with Gasteiger partial charge in [-0.3, -0.25) is 4.98 Å². The molecule has 17 heavy (non-hydrogen) atoms. The Balaban J connectivity index is 2.45. The van der Waals surface area contributed by atoms with E-state index in [9.17, 15) is 8.42 Å². The maximum atomic E-state index is 12.2. The van der Waals surface area contributed by atoms with Crippen LogP contribution in [0.2, 0.25) is 0 Å². The van der Waals surface area contributed by atoms with E-state index in [0.717, 1.165) is 5.56 Å². The zero-order valence-electron chi connectivity index (χ0n) is 9.08. The van der Waals surface area contributed by atoms with Crippen molar-refractivity contribution < 1.29 is 8.42 Å². The molecule has 0 unspecified atom stereocenters. The molecule has 0 spiro atoms. The highest BCUT2D eigenvalue weighted by Gasteiger charge is 2.16. The van der Waals surface area contributed by atoms with E-state index < -0.39 is 9.84 Å². The highest BCUT2D eigenvalue weighted by Crippen LogP contribution is 2.20. The van der Waals surface area contributed by atoms with Crippen molar-refractivity contribution in [1.82, 2.24) is 4.98 Å². The molecule has 0 fully saturated rings. The Bertz CT molecular complexity index is 592. The molecule has 0 aliphatic heterocycles. The predicted molar refractivity (Wildman–Crippen MR) is 64.0 cm³/mol. The zero-order chi connectivity index (χ0) is 12.3. The van der Waals surface area contributed by atoms with Gasteiger partial charge in [-0.2, -0.15) is 0 Å². The SMILES string of the molecule is NCc1ccc(S(=O)(=O)c2ccncc2)cc1. The van der Waals surface area contributed by atoms with Crippen LogP contribution in [0.15, 0.2) is 58.6 Å². The molecular formula is C12H12N2O2S. The van der Waals surface area contributed by atoms with Gasteiger partial charge in [0, 0.05) is 18.9 Å². The van der Waals surface area contributed by atoms with Crippen molar-refractivity contribution in [3.63, 3.8) is 0 Å². The molecule has 0 amide bonds. The minimum absolute atomic E-state index is 0.244. The number of benzene rings is 1. The molecule has 0 saturated heterocycles. The highest BCUT2D eigenvalue weighted by molar-refractivity contribution is 7.91. The summed E-state index contributed by atoms with van der Waals surface area (Å²) in [5.41, 5.74) is 6.36. The average molecular weight is 248 g/mol. The number of sulfone groups is 1. The summed E-state index contributed by atoms with van der Waals surface area (Å²) in [5, 5.41) is 0. The zero-order valence-corrected chi connectivity index (χ0v) is 9.89. The maximum Gasteiger partial charge on any atom is 0.206 e. The Hall–Kier alpha value is -1.72. The van der Waals surface area contributed by atoms with Crippen molar-refractivity contribution in [1.29, 1.82) is 0 Å². The normalized spacial score (nSPS) is 11.4. The third kappa shape index (κ3) is 2.35. The van der Waals surface area contributed by atoms with Crippen molar-refractivity contribution in [3.8, 4) is 0 Å². The summed E-state index contributed by atoms with van der Waals surface area (Å²) in [6.07, 6.45) is 2.92. The van der Waals surface area contributed by atoms with E-state index in [1.54, 1.807) is 24.3 Å². The standard InChI is InChI=1S/C12H12N2O2S/c13-9-10-1-3-11(4-2-10)17(15,16)12-5-7-14-8-6-12/h1-8H,9,13H2. The Labute approximate surface area is 100 Å². The van der Waals surface area contributed by atoms with Crippen molar-refractivity contribution in [2.24, 2.45) is 5.73 Å². The fourth-order valence-corrected chi connectivity index (χ4v) is 2.70. The van der Waals surface area contributed by atoms with E-state index in [-0.39, 0.29) is 9.79 Å². The lowest BCUT2D eigenvalue weighted by Gasteiger charge is -2.04. The lowest BCUT2D eigenvalue weighted by Crippen LogP contribution is -2.03. The summed E-state index contributed by atoms with van der Waals surface area (Å²) >= 11 is 0. The number of pyridine rings is 1. The first-order valence-electron chi connectivity index (χ1n) is 5.09. The van der Waals surface area contributed by atoms with Gasteiger partial charge in [0.05, 0.1) is 9.79 Å². The molecule has 1 aromatic heterocycles. The topological polar surface area (TPSA) is 73.1 Å². The van der Waals surface area contributed by atoms with Crippen LogP contribution in [0.25, 0.3) is 0 Å². The van der Waals surface area contributed by atoms with E-state index in [1.165, 1.54) is 24.5 Å². The van der Waals surface area contributed by atoms with Gasteiger partial charge >= 0.3 is 0 Å². The summed E-state index contributed by atoms with van der Waals surface area (Å²) in [4.78, 5) is 4.31. The van der Waals surface area contributed by atoms with Crippen LogP contribution in [0.4, 0.5) is 0 Å². The fourth-order valence-electron chi connectivity index (χ4n) is 1.46.